The molecule has 0 saturated heterocycles. The van der Waals surface area contributed by atoms with Crippen molar-refractivity contribution in [3.05, 3.63) is 65.9 Å². The summed E-state index contributed by atoms with van der Waals surface area (Å²) in [6, 6.07) is 15.6. The predicted octanol–water partition coefficient (Wildman–Crippen LogP) is 3.01. The molecule has 0 radical (unpaired) electrons. The van der Waals surface area contributed by atoms with Gasteiger partial charge in [0.25, 0.3) is 5.91 Å². The van der Waals surface area contributed by atoms with Crippen molar-refractivity contribution in [3.63, 3.8) is 0 Å². The van der Waals surface area contributed by atoms with Gasteiger partial charge in [-0.1, -0.05) is 36.4 Å². The van der Waals surface area contributed by atoms with Crippen LogP contribution in [0.4, 0.5) is 4.79 Å². The molecule has 8 heteroatoms. The summed E-state index contributed by atoms with van der Waals surface area (Å²) in [5.41, 5.74) is 1.00. The highest BCUT2D eigenvalue weighted by atomic mass is 16.6. The minimum Gasteiger partial charge on any atom is -0.489 e. The molecule has 0 saturated carbocycles. The van der Waals surface area contributed by atoms with Crippen LogP contribution in [0.15, 0.2) is 59.0 Å². The van der Waals surface area contributed by atoms with E-state index in [-0.39, 0.29) is 12.4 Å². The van der Waals surface area contributed by atoms with Crippen molar-refractivity contribution in [1.29, 1.82) is 0 Å². The Morgan fingerprint density at radius 3 is 2.45 bits per heavy atom. The molecule has 2 aromatic carbocycles. The van der Waals surface area contributed by atoms with Crippen LogP contribution in [0.1, 0.15) is 23.0 Å². The fourth-order valence-corrected chi connectivity index (χ4v) is 2.62. The second kappa shape index (κ2) is 8.92. The lowest BCUT2D eigenvalue weighted by molar-refractivity contribution is -0.128. The zero-order valence-electron chi connectivity index (χ0n) is 15.9. The van der Waals surface area contributed by atoms with Gasteiger partial charge in [-0.25, -0.2) is 9.59 Å². The van der Waals surface area contributed by atoms with E-state index in [0.717, 1.165) is 0 Å². The molecule has 1 heterocycles. The van der Waals surface area contributed by atoms with Gasteiger partial charge in [-0.15, -0.1) is 0 Å². The molecular formula is C21H20N2O6. The number of hydrogen-bond acceptors (Lipinski definition) is 6. The van der Waals surface area contributed by atoms with Crippen LogP contribution in [0.5, 0.6) is 5.75 Å². The third-order valence-electron chi connectivity index (χ3n) is 4.13. The summed E-state index contributed by atoms with van der Waals surface area (Å²) >= 11 is 0. The molecule has 8 nitrogen and oxygen atoms in total. The van der Waals surface area contributed by atoms with Crippen molar-refractivity contribution in [2.45, 2.75) is 19.6 Å². The van der Waals surface area contributed by atoms with Crippen LogP contribution in [0.3, 0.4) is 0 Å². The summed E-state index contributed by atoms with van der Waals surface area (Å²) in [6.07, 6.45) is -1.20. The highest BCUT2D eigenvalue weighted by Gasteiger charge is 2.26. The van der Waals surface area contributed by atoms with Gasteiger partial charge in [0.15, 0.2) is 6.10 Å². The van der Waals surface area contributed by atoms with E-state index in [0.29, 0.717) is 22.3 Å². The third kappa shape index (κ3) is 4.73. The topological polar surface area (TPSA) is 107 Å². The first kappa shape index (κ1) is 19.9. The molecule has 1 aromatic heterocycles. The number of amides is 3. The molecular weight excluding hydrogens is 376 g/mol. The van der Waals surface area contributed by atoms with Crippen molar-refractivity contribution in [2.24, 2.45) is 0 Å². The molecule has 1 unspecified atom stereocenters. The Bertz CT molecular complexity index is 1030. The summed E-state index contributed by atoms with van der Waals surface area (Å²) < 4.78 is 16.6. The molecule has 0 bridgehead atoms. The molecule has 0 fully saturated rings. The van der Waals surface area contributed by atoms with E-state index < -0.39 is 24.0 Å². The summed E-state index contributed by atoms with van der Waals surface area (Å²) in [5, 5.41) is 5.01. The number of imide groups is 1. The number of esters is 1. The molecule has 0 spiro atoms. The first-order chi connectivity index (χ1) is 14.0. The number of carbonyl (C=O) groups excluding carboxylic acids is 3. The monoisotopic (exact) mass is 396 g/mol. The minimum atomic E-state index is -1.20. The van der Waals surface area contributed by atoms with Gasteiger partial charge in [0.05, 0.1) is 5.56 Å². The zero-order chi connectivity index (χ0) is 20.8. The first-order valence-corrected chi connectivity index (χ1v) is 8.91. The molecule has 0 aliphatic heterocycles. The van der Waals surface area contributed by atoms with Gasteiger partial charge >= 0.3 is 12.0 Å². The maximum absolute atomic E-state index is 12.7. The number of carbonyl (C=O) groups is 3. The fourth-order valence-electron chi connectivity index (χ4n) is 2.62. The van der Waals surface area contributed by atoms with Crippen molar-refractivity contribution in [3.8, 4) is 5.75 Å². The lowest BCUT2D eigenvalue weighted by Gasteiger charge is -2.12. The number of ether oxygens (including phenoxy) is 2. The van der Waals surface area contributed by atoms with Crippen molar-refractivity contribution in [1.82, 2.24) is 10.6 Å². The highest BCUT2D eigenvalue weighted by Crippen LogP contribution is 2.28. The molecule has 2 N–H and O–H groups in total. The number of urea groups is 1. The highest BCUT2D eigenvalue weighted by molar-refractivity contribution is 6.00. The fraction of sp³-hybridized carbons (Fsp3) is 0.190. The van der Waals surface area contributed by atoms with Crippen molar-refractivity contribution in [2.75, 3.05) is 7.05 Å². The van der Waals surface area contributed by atoms with Gasteiger partial charge in [0, 0.05) is 12.4 Å². The van der Waals surface area contributed by atoms with Crippen molar-refractivity contribution < 1.29 is 28.3 Å². The minimum absolute atomic E-state index is 0.0540. The van der Waals surface area contributed by atoms with Crippen LogP contribution in [-0.4, -0.2) is 31.1 Å². The van der Waals surface area contributed by atoms with E-state index in [4.69, 9.17) is 13.9 Å². The summed E-state index contributed by atoms with van der Waals surface area (Å²) in [5.74, 6) is -1.000. The van der Waals surface area contributed by atoms with Gasteiger partial charge in [-0.3, -0.25) is 10.1 Å². The Balaban J connectivity index is 1.81. The Hall–Kier alpha value is -3.81. The Kier molecular flexibility index (Phi) is 6.13. The van der Waals surface area contributed by atoms with Crippen LogP contribution in [-0.2, 0) is 16.1 Å². The van der Waals surface area contributed by atoms with Gasteiger partial charge in [-0.05, 0) is 25.1 Å². The Labute approximate surface area is 166 Å². The molecule has 29 heavy (non-hydrogen) atoms. The number of para-hydroxylation sites is 2. The smallest absolute Gasteiger partial charge is 0.375 e. The normalized spacial score (nSPS) is 11.5. The maximum atomic E-state index is 12.7. The number of furan rings is 1. The standard InChI is InChI=1S/C21H20N2O6/c1-13(19(24)23-21(26)22-2)28-20(25)18-16(12-27-14-8-4-3-5-9-14)15-10-6-7-11-17(15)29-18/h3-11,13H,12H2,1-2H3,(H2,22,23,24,26). The zero-order valence-corrected chi connectivity index (χ0v) is 15.9. The molecule has 3 aromatic rings. The third-order valence-corrected chi connectivity index (χ3v) is 4.13. The van der Waals surface area contributed by atoms with E-state index >= 15 is 0 Å². The molecule has 1 atom stereocenters. The lowest BCUT2D eigenvalue weighted by atomic mass is 10.1. The van der Waals surface area contributed by atoms with Crippen LogP contribution >= 0.6 is 0 Å². The van der Waals surface area contributed by atoms with Crippen LogP contribution in [0.25, 0.3) is 11.0 Å². The maximum Gasteiger partial charge on any atom is 0.375 e. The second-order valence-corrected chi connectivity index (χ2v) is 6.12. The number of fused-ring (bicyclic) bond motifs is 1. The molecule has 0 aliphatic rings. The SMILES string of the molecule is CNC(=O)NC(=O)C(C)OC(=O)c1oc2ccccc2c1COc1ccccc1. The Morgan fingerprint density at radius 1 is 1.03 bits per heavy atom. The van der Waals surface area contributed by atoms with Gasteiger partial charge in [0.2, 0.25) is 5.76 Å². The number of hydrogen-bond donors (Lipinski definition) is 2. The lowest BCUT2D eigenvalue weighted by Crippen LogP contribution is -2.43. The predicted molar refractivity (Wildman–Crippen MR) is 104 cm³/mol. The van der Waals surface area contributed by atoms with Crippen molar-refractivity contribution >= 4 is 28.9 Å². The quantitative estimate of drug-likeness (QED) is 0.621. The van der Waals surface area contributed by atoms with Gasteiger partial charge < -0.3 is 19.2 Å². The second-order valence-electron chi connectivity index (χ2n) is 6.12. The molecule has 3 rings (SSSR count). The Morgan fingerprint density at radius 2 is 1.72 bits per heavy atom. The van der Waals surface area contributed by atoms with E-state index in [2.05, 4.69) is 10.6 Å². The average Bonchev–Trinajstić information content (AvgIpc) is 3.11. The molecule has 150 valence electrons. The van der Waals surface area contributed by atoms with E-state index in [9.17, 15) is 14.4 Å². The molecule has 3 amide bonds. The van der Waals surface area contributed by atoms with Crippen LogP contribution < -0.4 is 15.4 Å². The first-order valence-electron chi connectivity index (χ1n) is 8.91. The average molecular weight is 396 g/mol. The molecule has 0 aliphatic carbocycles. The number of nitrogens with one attached hydrogen (secondary N) is 2. The van der Waals surface area contributed by atoms with E-state index in [1.807, 2.05) is 24.3 Å². The van der Waals surface area contributed by atoms with Crippen LogP contribution in [0.2, 0.25) is 0 Å². The number of benzene rings is 2. The summed E-state index contributed by atoms with van der Waals surface area (Å²) in [4.78, 5) is 35.9. The van der Waals surface area contributed by atoms with E-state index in [1.54, 1.807) is 30.3 Å². The summed E-state index contributed by atoms with van der Waals surface area (Å²) in [7, 11) is 1.37. The summed E-state index contributed by atoms with van der Waals surface area (Å²) in [6.45, 7) is 1.43. The number of rotatable bonds is 6. The van der Waals surface area contributed by atoms with Gasteiger partial charge in [-0.2, -0.15) is 0 Å². The van der Waals surface area contributed by atoms with E-state index in [1.165, 1.54) is 14.0 Å². The van der Waals surface area contributed by atoms with Gasteiger partial charge in [0.1, 0.15) is 17.9 Å². The van der Waals surface area contributed by atoms with Crippen LogP contribution in [0, 0.1) is 0 Å². The largest absolute Gasteiger partial charge is 0.489 e.